The number of amides is 1. The second-order valence-electron chi connectivity index (χ2n) is 4.34. The zero-order chi connectivity index (χ0) is 14.7. The normalized spacial score (nSPS) is 10.1. The number of hydrogen-bond acceptors (Lipinski definition) is 3. The predicted molar refractivity (Wildman–Crippen MR) is 74.2 cm³/mol. The van der Waals surface area contributed by atoms with Gasteiger partial charge in [0.05, 0.1) is 5.56 Å². The van der Waals surface area contributed by atoms with Gasteiger partial charge in [-0.15, -0.1) is 0 Å². The Bertz CT molecular complexity index is 662. The third-order valence-electron chi connectivity index (χ3n) is 2.84. The second kappa shape index (κ2) is 5.44. The van der Waals surface area contributed by atoms with Crippen molar-refractivity contribution in [3.8, 4) is 5.75 Å². The van der Waals surface area contributed by atoms with Gasteiger partial charge in [0.15, 0.2) is 0 Å². The number of carbonyl (C=O) groups excluding carboxylic acids is 1. The molecule has 0 unspecified atom stereocenters. The first kappa shape index (κ1) is 13.6. The number of aromatic hydroxyl groups is 1. The summed E-state index contributed by atoms with van der Waals surface area (Å²) in [6.45, 7) is 1.67. The van der Waals surface area contributed by atoms with E-state index >= 15 is 0 Å². The van der Waals surface area contributed by atoms with Crippen LogP contribution in [0.1, 0.15) is 26.3 Å². The van der Waals surface area contributed by atoms with Crippen LogP contribution in [-0.2, 0) is 0 Å². The fourth-order valence-electron chi connectivity index (χ4n) is 1.80. The Kier molecular flexibility index (Phi) is 3.70. The molecule has 0 radical (unpaired) electrons. The van der Waals surface area contributed by atoms with Gasteiger partial charge in [-0.1, -0.05) is 0 Å². The van der Waals surface area contributed by atoms with E-state index in [0.717, 1.165) is 0 Å². The molecule has 3 N–H and O–H groups in total. The molecule has 5 nitrogen and oxygen atoms in total. The van der Waals surface area contributed by atoms with Crippen LogP contribution in [0.15, 0.2) is 42.5 Å². The number of aromatic carboxylic acids is 1. The van der Waals surface area contributed by atoms with Crippen LogP contribution in [0, 0.1) is 6.92 Å². The minimum Gasteiger partial charge on any atom is -0.508 e. The zero-order valence-electron chi connectivity index (χ0n) is 10.8. The Labute approximate surface area is 115 Å². The lowest BCUT2D eigenvalue weighted by atomic mass is 10.1. The third-order valence-corrected chi connectivity index (χ3v) is 2.84. The second-order valence-corrected chi connectivity index (χ2v) is 4.34. The first-order chi connectivity index (χ1) is 9.47. The highest BCUT2D eigenvalue weighted by Gasteiger charge is 2.10. The summed E-state index contributed by atoms with van der Waals surface area (Å²) in [6, 6.07) is 10.4. The molecule has 0 saturated heterocycles. The van der Waals surface area contributed by atoms with Crippen LogP contribution in [0.3, 0.4) is 0 Å². The highest BCUT2D eigenvalue weighted by Crippen LogP contribution is 2.17. The summed E-state index contributed by atoms with van der Waals surface area (Å²) < 4.78 is 0. The van der Waals surface area contributed by atoms with E-state index in [1.54, 1.807) is 13.0 Å². The summed E-state index contributed by atoms with van der Waals surface area (Å²) >= 11 is 0. The number of rotatable bonds is 3. The molecular formula is C15H13NO4. The molecule has 0 heterocycles. The van der Waals surface area contributed by atoms with Crippen LogP contribution in [-0.4, -0.2) is 22.1 Å². The average molecular weight is 271 g/mol. The van der Waals surface area contributed by atoms with E-state index in [1.807, 2.05) is 0 Å². The number of carboxylic acid groups (broad SMARTS) is 1. The first-order valence-electron chi connectivity index (χ1n) is 5.91. The maximum Gasteiger partial charge on any atom is 0.335 e. The highest BCUT2D eigenvalue weighted by molar-refractivity contribution is 6.04. The van der Waals surface area contributed by atoms with Crippen molar-refractivity contribution in [1.82, 2.24) is 0 Å². The number of carboxylic acids is 1. The van der Waals surface area contributed by atoms with Gasteiger partial charge < -0.3 is 15.5 Å². The Morgan fingerprint density at radius 3 is 2.25 bits per heavy atom. The molecule has 2 aromatic rings. The van der Waals surface area contributed by atoms with Crippen LogP contribution in [0.5, 0.6) is 5.75 Å². The monoisotopic (exact) mass is 271 g/mol. The SMILES string of the molecule is Cc1cc(NC(=O)c2ccc(O)cc2)ccc1C(=O)O. The molecule has 0 aliphatic carbocycles. The lowest BCUT2D eigenvalue weighted by Crippen LogP contribution is -2.12. The van der Waals surface area contributed by atoms with Gasteiger partial charge in [0.1, 0.15) is 5.75 Å². The number of nitrogens with one attached hydrogen (secondary N) is 1. The Balaban J connectivity index is 2.18. The maximum absolute atomic E-state index is 11.9. The van der Waals surface area contributed by atoms with Crippen molar-refractivity contribution >= 4 is 17.6 Å². The van der Waals surface area contributed by atoms with Gasteiger partial charge in [-0.3, -0.25) is 4.79 Å². The largest absolute Gasteiger partial charge is 0.508 e. The van der Waals surface area contributed by atoms with E-state index in [4.69, 9.17) is 10.2 Å². The fourth-order valence-corrected chi connectivity index (χ4v) is 1.80. The van der Waals surface area contributed by atoms with Crippen molar-refractivity contribution in [2.75, 3.05) is 5.32 Å². The number of anilines is 1. The van der Waals surface area contributed by atoms with Gasteiger partial charge in [0.25, 0.3) is 5.91 Å². The van der Waals surface area contributed by atoms with Gasteiger partial charge in [-0.2, -0.15) is 0 Å². The van der Waals surface area contributed by atoms with Crippen molar-refractivity contribution in [2.45, 2.75) is 6.92 Å². The minimum atomic E-state index is -1.00. The molecule has 5 heteroatoms. The van der Waals surface area contributed by atoms with Crippen molar-refractivity contribution in [2.24, 2.45) is 0 Å². The van der Waals surface area contributed by atoms with Gasteiger partial charge in [-0.25, -0.2) is 4.79 Å². The van der Waals surface area contributed by atoms with Gasteiger partial charge >= 0.3 is 5.97 Å². The zero-order valence-corrected chi connectivity index (χ0v) is 10.8. The number of phenolic OH excluding ortho intramolecular Hbond substituents is 1. The minimum absolute atomic E-state index is 0.0863. The molecule has 0 fully saturated rings. The molecule has 0 aliphatic heterocycles. The molecule has 0 aromatic heterocycles. The lowest BCUT2D eigenvalue weighted by molar-refractivity contribution is 0.0696. The van der Waals surface area contributed by atoms with Crippen LogP contribution in [0.2, 0.25) is 0 Å². The molecule has 1 amide bonds. The summed E-state index contributed by atoms with van der Waals surface area (Å²) in [5, 5.41) is 20.8. The summed E-state index contributed by atoms with van der Waals surface area (Å²) in [7, 11) is 0. The molecule has 0 aliphatic rings. The molecule has 2 aromatic carbocycles. The summed E-state index contributed by atoms with van der Waals surface area (Å²) in [6.07, 6.45) is 0. The van der Waals surface area contributed by atoms with Crippen molar-refractivity contribution in [3.05, 3.63) is 59.2 Å². The lowest BCUT2D eigenvalue weighted by Gasteiger charge is -2.08. The summed E-state index contributed by atoms with van der Waals surface area (Å²) in [5.41, 5.74) is 1.70. The van der Waals surface area contributed by atoms with E-state index in [1.165, 1.54) is 36.4 Å². The van der Waals surface area contributed by atoms with Crippen LogP contribution >= 0.6 is 0 Å². The molecule has 0 spiro atoms. The van der Waals surface area contributed by atoms with Crippen molar-refractivity contribution < 1.29 is 19.8 Å². The smallest absolute Gasteiger partial charge is 0.335 e. The van der Waals surface area contributed by atoms with Crippen LogP contribution < -0.4 is 5.32 Å². The average Bonchev–Trinajstić information content (AvgIpc) is 2.39. The number of phenols is 1. The molecule has 20 heavy (non-hydrogen) atoms. The number of benzene rings is 2. The molecule has 0 atom stereocenters. The van der Waals surface area contributed by atoms with Gasteiger partial charge in [0.2, 0.25) is 0 Å². The van der Waals surface area contributed by atoms with E-state index in [9.17, 15) is 9.59 Å². The first-order valence-corrected chi connectivity index (χ1v) is 5.91. The quantitative estimate of drug-likeness (QED) is 0.801. The molecule has 102 valence electrons. The summed E-state index contributed by atoms with van der Waals surface area (Å²) in [5.74, 6) is -1.24. The standard InChI is InChI=1S/C15H13NO4/c1-9-8-11(4-7-13(9)15(19)20)16-14(18)10-2-5-12(17)6-3-10/h2-8,17H,1H3,(H,16,18)(H,19,20). The van der Waals surface area contributed by atoms with Gasteiger partial charge in [0, 0.05) is 11.3 Å². The third kappa shape index (κ3) is 2.95. The molecule has 2 rings (SSSR count). The topological polar surface area (TPSA) is 86.6 Å². The van der Waals surface area contributed by atoms with Crippen molar-refractivity contribution in [1.29, 1.82) is 0 Å². The van der Waals surface area contributed by atoms with Crippen LogP contribution in [0.4, 0.5) is 5.69 Å². The van der Waals surface area contributed by atoms with E-state index in [2.05, 4.69) is 5.32 Å². The van der Waals surface area contributed by atoms with E-state index < -0.39 is 5.97 Å². The summed E-state index contributed by atoms with van der Waals surface area (Å²) in [4.78, 5) is 22.8. The number of aryl methyl sites for hydroxylation is 1. The number of carbonyl (C=O) groups is 2. The Hall–Kier alpha value is -2.82. The van der Waals surface area contributed by atoms with E-state index in [-0.39, 0.29) is 17.2 Å². The predicted octanol–water partition coefficient (Wildman–Crippen LogP) is 2.65. The molecule has 0 saturated carbocycles. The Morgan fingerprint density at radius 2 is 1.70 bits per heavy atom. The van der Waals surface area contributed by atoms with Crippen LogP contribution in [0.25, 0.3) is 0 Å². The highest BCUT2D eigenvalue weighted by atomic mass is 16.4. The molecular weight excluding hydrogens is 258 g/mol. The van der Waals surface area contributed by atoms with Gasteiger partial charge in [-0.05, 0) is 55.0 Å². The fraction of sp³-hybridized carbons (Fsp3) is 0.0667. The molecule has 0 bridgehead atoms. The van der Waals surface area contributed by atoms with E-state index in [0.29, 0.717) is 16.8 Å². The van der Waals surface area contributed by atoms with Crippen molar-refractivity contribution in [3.63, 3.8) is 0 Å². The maximum atomic E-state index is 11.9. The Morgan fingerprint density at radius 1 is 1.05 bits per heavy atom. The number of hydrogen-bond donors (Lipinski definition) is 3.